The first-order valence-corrected chi connectivity index (χ1v) is 5.29. The van der Waals surface area contributed by atoms with E-state index in [-0.39, 0.29) is 10.7 Å². The SMILES string of the molecule is O=C(O)C(Cc1cccnc1Cl)NC(=O)C(F)(F)F. The van der Waals surface area contributed by atoms with E-state index in [1.54, 1.807) is 0 Å². The number of aromatic nitrogens is 1. The highest BCUT2D eigenvalue weighted by Crippen LogP contribution is 2.17. The molecule has 0 saturated carbocycles. The second-order valence-corrected chi connectivity index (χ2v) is 3.88. The fraction of sp³-hybridized carbons (Fsp3) is 0.300. The third-order valence-electron chi connectivity index (χ3n) is 2.12. The van der Waals surface area contributed by atoms with Crippen molar-refractivity contribution in [3.05, 3.63) is 29.0 Å². The van der Waals surface area contributed by atoms with Gasteiger partial charge in [0.2, 0.25) is 0 Å². The van der Waals surface area contributed by atoms with Gasteiger partial charge in [0.1, 0.15) is 11.2 Å². The third kappa shape index (κ3) is 4.40. The van der Waals surface area contributed by atoms with Crippen LogP contribution in [0.4, 0.5) is 13.2 Å². The lowest BCUT2D eigenvalue weighted by Gasteiger charge is -2.16. The molecule has 0 aliphatic carbocycles. The van der Waals surface area contributed by atoms with Gasteiger partial charge in [0, 0.05) is 12.6 Å². The van der Waals surface area contributed by atoms with Gasteiger partial charge in [0.25, 0.3) is 0 Å². The van der Waals surface area contributed by atoms with Gasteiger partial charge in [0.05, 0.1) is 0 Å². The van der Waals surface area contributed by atoms with Crippen molar-refractivity contribution in [2.45, 2.75) is 18.6 Å². The molecule has 1 amide bonds. The monoisotopic (exact) mass is 296 g/mol. The largest absolute Gasteiger partial charge is 0.480 e. The van der Waals surface area contributed by atoms with Crippen LogP contribution in [-0.2, 0) is 16.0 Å². The van der Waals surface area contributed by atoms with E-state index in [1.807, 2.05) is 0 Å². The molecule has 0 spiro atoms. The fourth-order valence-corrected chi connectivity index (χ4v) is 1.43. The van der Waals surface area contributed by atoms with Gasteiger partial charge in [-0.15, -0.1) is 0 Å². The van der Waals surface area contributed by atoms with Crippen LogP contribution in [0.15, 0.2) is 18.3 Å². The smallest absolute Gasteiger partial charge is 0.471 e. The molecule has 0 saturated heterocycles. The van der Waals surface area contributed by atoms with Crippen molar-refractivity contribution in [1.29, 1.82) is 0 Å². The molecular formula is C10H8ClF3N2O3. The number of carboxylic acids is 1. The maximum absolute atomic E-state index is 12.0. The van der Waals surface area contributed by atoms with Crippen molar-refractivity contribution >= 4 is 23.5 Å². The Morgan fingerprint density at radius 3 is 2.58 bits per heavy atom. The van der Waals surface area contributed by atoms with Crippen LogP contribution in [0.2, 0.25) is 5.15 Å². The quantitative estimate of drug-likeness (QED) is 0.823. The van der Waals surface area contributed by atoms with Crippen molar-refractivity contribution in [3.8, 4) is 0 Å². The van der Waals surface area contributed by atoms with E-state index in [0.29, 0.717) is 0 Å². The van der Waals surface area contributed by atoms with Crippen molar-refractivity contribution < 1.29 is 27.9 Å². The highest BCUT2D eigenvalue weighted by molar-refractivity contribution is 6.30. The summed E-state index contributed by atoms with van der Waals surface area (Å²) in [6.45, 7) is 0. The Kier molecular flexibility index (Phi) is 4.71. The van der Waals surface area contributed by atoms with Crippen molar-refractivity contribution in [2.75, 3.05) is 0 Å². The van der Waals surface area contributed by atoms with Crippen LogP contribution >= 0.6 is 11.6 Å². The van der Waals surface area contributed by atoms with Gasteiger partial charge in [-0.1, -0.05) is 17.7 Å². The summed E-state index contributed by atoms with van der Waals surface area (Å²) in [7, 11) is 0. The zero-order chi connectivity index (χ0) is 14.6. The molecule has 5 nitrogen and oxygen atoms in total. The molecule has 2 N–H and O–H groups in total. The highest BCUT2D eigenvalue weighted by Gasteiger charge is 2.40. The Morgan fingerprint density at radius 2 is 2.11 bits per heavy atom. The number of nitrogens with zero attached hydrogens (tertiary/aromatic N) is 1. The normalized spacial score (nSPS) is 12.8. The standard InChI is InChI=1S/C10H8ClF3N2O3/c11-7-5(2-1-3-15-7)4-6(8(17)18)16-9(19)10(12,13)14/h1-3,6H,4H2,(H,16,19)(H,17,18). The van der Waals surface area contributed by atoms with Crippen LogP contribution in [0.25, 0.3) is 0 Å². The van der Waals surface area contributed by atoms with Gasteiger partial charge in [-0.2, -0.15) is 13.2 Å². The summed E-state index contributed by atoms with van der Waals surface area (Å²) in [5.74, 6) is -3.92. The molecule has 1 heterocycles. The van der Waals surface area contributed by atoms with Crippen LogP contribution in [0.1, 0.15) is 5.56 Å². The molecule has 1 unspecified atom stereocenters. The summed E-state index contributed by atoms with van der Waals surface area (Å²) in [5, 5.41) is 10.1. The van der Waals surface area contributed by atoms with E-state index in [9.17, 15) is 22.8 Å². The van der Waals surface area contributed by atoms with Crippen molar-refractivity contribution in [2.24, 2.45) is 0 Å². The first kappa shape index (κ1) is 15.2. The minimum atomic E-state index is -5.15. The zero-order valence-corrected chi connectivity index (χ0v) is 10.00. The van der Waals surface area contributed by atoms with E-state index in [1.165, 1.54) is 23.6 Å². The van der Waals surface area contributed by atoms with E-state index in [2.05, 4.69) is 4.98 Å². The lowest BCUT2D eigenvalue weighted by Crippen LogP contribution is -2.47. The summed E-state index contributed by atoms with van der Waals surface area (Å²) in [6, 6.07) is 1.12. The molecule has 0 radical (unpaired) electrons. The Balaban J connectivity index is 2.83. The first-order valence-electron chi connectivity index (χ1n) is 4.91. The molecule has 104 valence electrons. The molecule has 1 rings (SSSR count). The second kappa shape index (κ2) is 5.87. The van der Waals surface area contributed by atoms with Gasteiger partial charge in [-0.3, -0.25) is 4.79 Å². The van der Waals surface area contributed by atoms with E-state index >= 15 is 0 Å². The number of carbonyl (C=O) groups excluding carboxylic acids is 1. The second-order valence-electron chi connectivity index (χ2n) is 3.52. The fourth-order valence-electron chi connectivity index (χ4n) is 1.23. The molecule has 1 aromatic heterocycles. The van der Waals surface area contributed by atoms with Gasteiger partial charge in [0.15, 0.2) is 0 Å². The van der Waals surface area contributed by atoms with E-state index < -0.39 is 30.5 Å². The number of nitrogens with one attached hydrogen (secondary N) is 1. The number of hydrogen-bond donors (Lipinski definition) is 2. The molecule has 0 aromatic carbocycles. The number of halogens is 4. The van der Waals surface area contributed by atoms with E-state index in [4.69, 9.17) is 16.7 Å². The summed E-state index contributed by atoms with van der Waals surface area (Å²) < 4.78 is 36.1. The molecule has 0 aliphatic rings. The molecule has 0 fully saturated rings. The van der Waals surface area contributed by atoms with Crippen molar-refractivity contribution in [3.63, 3.8) is 0 Å². The summed E-state index contributed by atoms with van der Waals surface area (Å²) in [6.07, 6.45) is -4.20. The Labute approximate surface area is 110 Å². The maximum atomic E-state index is 12.0. The molecule has 0 bridgehead atoms. The van der Waals surface area contributed by atoms with Gasteiger partial charge < -0.3 is 10.4 Å². The molecular weight excluding hydrogens is 289 g/mol. The number of carbonyl (C=O) groups is 2. The number of pyridine rings is 1. The molecule has 19 heavy (non-hydrogen) atoms. The van der Waals surface area contributed by atoms with Gasteiger partial charge in [-0.05, 0) is 11.6 Å². The first-order chi connectivity index (χ1) is 8.71. The van der Waals surface area contributed by atoms with Crippen LogP contribution < -0.4 is 5.32 Å². The topological polar surface area (TPSA) is 79.3 Å². The number of carboxylic acid groups (broad SMARTS) is 1. The Bertz CT molecular complexity index is 493. The molecule has 0 aliphatic heterocycles. The van der Waals surface area contributed by atoms with Crippen molar-refractivity contribution in [1.82, 2.24) is 10.3 Å². The lowest BCUT2D eigenvalue weighted by molar-refractivity contribution is -0.175. The maximum Gasteiger partial charge on any atom is 0.471 e. The number of aliphatic carboxylic acids is 1. The third-order valence-corrected chi connectivity index (χ3v) is 2.46. The number of alkyl halides is 3. The van der Waals surface area contributed by atoms with Crippen LogP contribution in [0.5, 0.6) is 0 Å². The van der Waals surface area contributed by atoms with Crippen LogP contribution in [0, 0.1) is 0 Å². The summed E-state index contributed by atoms with van der Waals surface area (Å²) >= 11 is 5.66. The summed E-state index contributed by atoms with van der Waals surface area (Å²) in [5.41, 5.74) is 0.221. The lowest BCUT2D eigenvalue weighted by atomic mass is 10.1. The minimum absolute atomic E-state index is 0.0324. The molecule has 1 aromatic rings. The number of amides is 1. The Hall–Kier alpha value is -1.83. The highest BCUT2D eigenvalue weighted by atomic mass is 35.5. The van der Waals surface area contributed by atoms with Crippen LogP contribution in [0.3, 0.4) is 0 Å². The van der Waals surface area contributed by atoms with Gasteiger partial charge >= 0.3 is 18.1 Å². The predicted molar refractivity (Wildman–Crippen MR) is 58.6 cm³/mol. The number of rotatable bonds is 4. The predicted octanol–water partition coefficient (Wildman–Crippen LogP) is 1.41. The van der Waals surface area contributed by atoms with Gasteiger partial charge in [-0.25, -0.2) is 9.78 Å². The summed E-state index contributed by atoms with van der Waals surface area (Å²) in [4.78, 5) is 25.2. The molecule has 1 atom stereocenters. The average molecular weight is 297 g/mol. The minimum Gasteiger partial charge on any atom is -0.480 e. The average Bonchev–Trinajstić information content (AvgIpc) is 2.29. The van der Waals surface area contributed by atoms with Crippen LogP contribution in [-0.4, -0.2) is 34.2 Å². The Morgan fingerprint density at radius 1 is 1.47 bits per heavy atom. The number of hydrogen-bond acceptors (Lipinski definition) is 3. The van der Waals surface area contributed by atoms with E-state index in [0.717, 1.165) is 0 Å². The molecule has 9 heteroatoms. The zero-order valence-electron chi connectivity index (χ0n) is 9.24.